The van der Waals surface area contributed by atoms with Crippen molar-refractivity contribution in [3.05, 3.63) is 0 Å². The van der Waals surface area contributed by atoms with E-state index in [2.05, 4.69) is 36.7 Å². The summed E-state index contributed by atoms with van der Waals surface area (Å²) in [5.41, 5.74) is 1.17. The molecule has 0 aromatic rings. The fourth-order valence-electron chi connectivity index (χ4n) is 3.11. The molecule has 0 aromatic heterocycles. The molecule has 0 N–H and O–H groups in total. The third-order valence-corrected chi connectivity index (χ3v) is 6.07. The van der Waals surface area contributed by atoms with Gasteiger partial charge in [-0.2, -0.15) is 0 Å². The summed E-state index contributed by atoms with van der Waals surface area (Å²) in [6, 6.07) is 0. The van der Waals surface area contributed by atoms with Crippen LogP contribution in [0.25, 0.3) is 0 Å². The summed E-state index contributed by atoms with van der Waals surface area (Å²) in [4.78, 5) is 0.781. The van der Waals surface area contributed by atoms with Gasteiger partial charge in [0, 0.05) is 4.83 Å². The largest absolute Gasteiger partial charge is 0.0884 e. The molecule has 3 atom stereocenters. The van der Waals surface area contributed by atoms with Crippen LogP contribution in [-0.2, 0) is 0 Å². The second-order valence-electron chi connectivity index (χ2n) is 5.08. The average Bonchev–Trinajstić information content (AvgIpc) is 2.20. The van der Waals surface area contributed by atoms with Crippen LogP contribution in [0.1, 0.15) is 40.0 Å². The van der Waals surface area contributed by atoms with E-state index in [-0.39, 0.29) is 0 Å². The number of hydrogen-bond acceptors (Lipinski definition) is 0. The molecule has 11 heavy (non-hydrogen) atoms. The van der Waals surface area contributed by atoms with Crippen molar-refractivity contribution in [2.75, 3.05) is 0 Å². The Morgan fingerprint density at radius 1 is 1.27 bits per heavy atom. The van der Waals surface area contributed by atoms with Crippen molar-refractivity contribution in [3.8, 4) is 0 Å². The van der Waals surface area contributed by atoms with Crippen molar-refractivity contribution in [1.29, 1.82) is 0 Å². The minimum Gasteiger partial charge on any atom is -0.0884 e. The van der Waals surface area contributed by atoms with Gasteiger partial charge in [-0.15, -0.1) is 0 Å². The molecule has 0 spiro atoms. The Bertz CT molecular complexity index is 185. The maximum absolute atomic E-state index is 3.83. The number of fused-ring (bicyclic) bond motifs is 2. The molecule has 0 unspecified atom stereocenters. The van der Waals surface area contributed by atoms with Crippen LogP contribution in [0.5, 0.6) is 0 Å². The van der Waals surface area contributed by atoms with Crippen LogP contribution in [-0.4, -0.2) is 4.83 Å². The molecule has 2 aliphatic rings. The second kappa shape index (κ2) is 2.04. The maximum atomic E-state index is 3.83. The lowest BCUT2D eigenvalue weighted by Crippen LogP contribution is -2.32. The summed E-state index contributed by atoms with van der Waals surface area (Å²) in [6.07, 6.45) is 4.30. The van der Waals surface area contributed by atoms with Gasteiger partial charge in [-0.25, -0.2) is 0 Å². The molecule has 0 saturated heterocycles. The normalized spacial score (nSPS) is 53.5. The molecule has 2 fully saturated rings. The van der Waals surface area contributed by atoms with Crippen molar-refractivity contribution in [2.24, 2.45) is 16.7 Å². The van der Waals surface area contributed by atoms with Crippen LogP contribution in [0.4, 0.5) is 0 Å². The van der Waals surface area contributed by atoms with Gasteiger partial charge in [-0.1, -0.05) is 36.7 Å². The summed E-state index contributed by atoms with van der Waals surface area (Å²) in [7, 11) is 0. The first kappa shape index (κ1) is 8.10. The van der Waals surface area contributed by atoms with Gasteiger partial charge < -0.3 is 0 Å². The van der Waals surface area contributed by atoms with Crippen molar-refractivity contribution in [1.82, 2.24) is 0 Å². The minimum absolute atomic E-state index is 0.581. The SMILES string of the molecule is CC1(C)[C@H]2CC[C@@]1(C)[C@H](Br)C2. The molecule has 0 aliphatic heterocycles. The van der Waals surface area contributed by atoms with Gasteiger partial charge in [0.2, 0.25) is 0 Å². The second-order valence-corrected chi connectivity index (χ2v) is 6.18. The van der Waals surface area contributed by atoms with Gasteiger partial charge in [0.15, 0.2) is 0 Å². The van der Waals surface area contributed by atoms with E-state index in [9.17, 15) is 0 Å². The lowest BCUT2D eigenvalue weighted by molar-refractivity contribution is 0.158. The Morgan fingerprint density at radius 3 is 2.09 bits per heavy atom. The molecule has 1 heteroatoms. The average molecular weight is 217 g/mol. The maximum Gasteiger partial charge on any atom is 0.0207 e. The molecule has 2 saturated carbocycles. The van der Waals surface area contributed by atoms with E-state index in [4.69, 9.17) is 0 Å². The topological polar surface area (TPSA) is 0 Å². The number of rotatable bonds is 0. The zero-order valence-electron chi connectivity index (χ0n) is 7.65. The highest BCUT2D eigenvalue weighted by Gasteiger charge is 2.60. The molecule has 64 valence electrons. The van der Waals surface area contributed by atoms with Crippen molar-refractivity contribution in [2.45, 2.75) is 44.9 Å². The van der Waals surface area contributed by atoms with E-state index in [1.807, 2.05) is 0 Å². The summed E-state index contributed by atoms with van der Waals surface area (Å²) in [5.74, 6) is 0.983. The highest BCUT2D eigenvalue weighted by atomic mass is 79.9. The smallest absolute Gasteiger partial charge is 0.0207 e. The van der Waals surface area contributed by atoms with E-state index < -0.39 is 0 Å². The molecule has 0 radical (unpaired) electrons. The summed E-state index contributed by atoms with van der Waals surface area (Å²) >= 11 is 3.83. The Labute approximate surface area is 77.9 Å². The lowest BCUT2D eigenvalue weighted by atomic mass is 9.71. The van der Waals surface area contributed by atoms with Crippen LogP contribution in [0.15, 0.2) is 0 Å². The van der Waals surface area contributed by atoms with Crippen LogP contribution in [0.2, 0.25) is 0 Å². The van der Waals surface area contributed by atoms with Crippen molar-refractivity contribution in [3.63, 3.8) is 0 Å². The zero-order valence-corrected chi connectivity index (χ0v) is 9.24. The number of alkyl halides is 1. The van der Waals surface area contributed by atoms with Crippen molar-refractivity contribution < 1.29 is 0 Å². The Morgan fingerprint density at radius 2 is 1.91 bits per heavy atom. The third kappa shape index (κ3) is 0.760. The van der Waals surface area contributed by atoms with Crippen LogP contribution >= 0.6 is 15.9 Å². The Kier molecular flexibility index (Phi) is 1.50. The molecule has 2 aliphatic carbocycles. The molecule has 2 bridgehead atoms. The molecular weight excluding hydrogens is 200 g/mol. The van der Waals surface area contributed by atoms with Gasteiger partial charge >= 0.3 is 0 Å². The highest BCUT2D eigenvalue weighted by molar-refractivity contribution is 9.09. The van der Waals surface area contributed by atoms with Crippen LogP contribution in [0, 0.1) is 16.7 Å². The lowest BCUT2D eigenvalue weighted by Gasteiger charge is -2.36. The van der Waals surface area contributed by atoms with Gasteiger partial charge in [0.05, 0.1) is 0 Å². The van der Waals surface area contributed by atoms with Gasteiger partial charge in [-0.05, 0) is 36.0 Å². The predicted octanol–water partition coefficient (Wildman–Crippen LogP) is 3.60. The molecule has 0 amide bonds. The van der Waals surface area contributed by atoms with E-state index in [1.54, 1.807) is 0 Å². The molecule has 0 nitrogen and oxygen atoms in total. The summed E-state index contributed by atoms with van der Waals surface area (Å²) < 4.78 is 0. The van der Waals surface area contributed by atoms with Gasteiger partial charge in [-0.3, -0.25) is 0 Å². The fourth-order valence-corrected chi connectivity index (χ4v) is 4.38. The van der Waals surface area contributed by atoms with E-state index in [0.717, 1.165) is 10.7 Å². The highest BCUT2D eigenvalue weighted by Crippen LogP contribution is 2.67. The molecule has 2 rings (SSSR count). The monoisotopic (exact) mass is 216 g/mol. The first-order chi connectivity index (χ1) is 4.98. The van der Waals surface area contributed by atoms with Crippen LogP contribution in [0.3, 0.4) is 0 Å². The van der Waals surface area contributed by atoms with E-state index >= 15 is 0 Å². The molecular formula is C10H17Br. The standard InChI is InChI=1S/C10H17Br/c1-9(2)7-4-5-10(9,3)8(11)6-7/h7-8H,4-6H2,1-3H3/t7-,8+,10-/m0/s1. The van der Waals surface area contributed by atoms with Gasteiger partial charge in [0.1, 0.15) is 0 Å². The van der Waals surface area contributed by atoms with E-state index in [0.29, 0.717) is 10.8 Å². The third-order valence-electron chi connectivity index (χ3n) is 4.69. The zero-order chi connectivity index (χ0) is 8.28. The fraction of sp³-hybridized carbons (Fsp3) is 1.00. The summed E-state index contributed by atoms with van der Waals surface area (Å²) in [5, 5.41) is 0. The molecule has 0 aromatic carbocycles. The first-order valence-electron chi connectivity index (χ1n) is 4.62. The Balaban J connectivity index is 2.40. The van der Waals surface area contributed by atoms with Gasteiger partial charge in [0.25, 0.3) is 0 Å². The Hall–Kier alpha value is 0.480. The number of hydrogen-bond donors (Lipinski definition) is 0. The predicted molar refractivity (Wildman–Crippen MR) is 51.9 cm³/mol. The van der Waals surface area contributed by atoms with Crippen LogP contribution < -0.4 is 0 Å². The number of halogens is 1. The van der Waals surface area contributed by atoms with Crippen molar-refractivity contribution >= 4 is 15.9 Å². The molecule has 0 heterocycles. The van der Waals surface area contributed by atoms with E-state index in [1.165, 1.54) is 19.3 Å². The quantitative estimate of drug-likeness (QED) is 0.544. The first-order valence-corrected chi connectivity index (χ1v) is 5.54. The summed E-state index contributed by atoms with van der Waals surface area (Å²) in [6.45, 7) is 7.36. The minimum atomic E-state index is 0.581.